The van der Waals surface area contributed by atoms with Crippen molar-refractivity contribution in [2.45, 2.75) is 71.0 Å². The molecule has 0 radical (unpaired) electrons. The van der Waals surface area contributed by atoms with Gasteiger partial charge < -0.3 is 15.0 Å². The lowest BCUT2D eigenvalue weighted by molar-refractivity contribution is -0.146. The van der Waals surface area contributed by atoms with Crippen LogP contribution in [0.3, 0.4) is 0 Å². The Morgan fingerprint density at radius 2 is 2.11 bits per heavy atom. The van der Waals surface area contributed by atoms with Gasteiger partial charge in [0.15, 0.2) is 0 Å². The molecule has 1 saturated heterocycles. The molecule has 4 rings (SSSR count). The fourth-order valence-electron chi connectivity index (χ4n) is 5.27. The van der Waals surface area contributed by atoms with Gasteiger partial charge in [0.25, 0.3) is 0 Å². The fourth-order valence-corrected chi connectivity index (χ4v) is 5.65. The molecule has 1 aromatic rings. The third-order valence-corrected chi connectivity index (χ3v) is 7.50. The first-order valence-corrected chi connectivity index (χ1v) is 11.5. The van der Waals surface area contributed by atoms with Crippen molar-refractivity contribution >= 4 is 21.8 Å². The number of carbonyl (C=O) groups is 1. The van der Waals surface area contributed by atoms with Crippen LogP contribution in [0.5, 0.6) is 0 Å². The van der Waals surface area contributed by atoms with Crippen molar-refractivity contribution in [3.8, 4) is 0 Å². The highest BCUT2D eigenvalue weighted by molar-refractivity contribution is 9.10. The molecule has 1 aromatic heterocycles. The Morgan fingerprint density at radius 1 is 1.32 bits per heavy atom. The molecule has 1 amide bonds. The highest BCUT2D eigenvalue weighted by Gasteiger charge is 2.49. The lowest BCUT2D eigenvalue weighted by Crippen LogP contribution is -2.49. The monoisotopic (exact) mass is 449 g/mol. The number of amides is 1. The average Bonchev–Trinajstić information content (AvgIpc) is 3.13. The summed E-state index contributed by atoms with van der Waals surface area (Å²) in [5, 5.41) is 3.84. The van der Waals surface area contributed by atoms with E-state index in [4.69, 9.17) is 4.74 Å². The van der Waals surface area contributed by atoms with Crippen LogP contribution in [-0.2, 0) is 22.5 Å². The SMILES string of the molecule is CC(C)[C@]1(C(=O)N2CCc3ncc(Br)cc3C2)CC[C@@H](NC2CCOCC2)C1. The van der Waals surface area contributed by atoms with Gasteiger partial charge in [-0.2, -0.15) is 0 Å². The van der Waals surface area contributed by atoms with Gasteiger partial charge in [-0.1, -0.05) is 13.8 Å². The lowest BCUT2D eigenvalue weighted by atomic mass is 9.74. The Bertz CT molecular complexity index is 720. The molecule has 2 fully saturated rings. The van der Waals surface area contributed by atoms with Crippen LogP contribution in [0.4, 0.5) is 0 Å². The molecule has 1 saturated carbocycles. The summed E-state index contributed by atoms with van der Waals surface area (Å²) in [6.07, 6.45) is 7.93. The van der Waals surface area contributed by atoms with E-state index in [9.17, 15) is 4.79 Å². The number of fused-ring (bicyclic) bond motifs is 1. The Labute approximate surface area is 176 Å². The van der Waals surface area contributed by atoms with E-state index in [1.807, 2.05) is 6.20 Å². The lowest BCUT2D eigenvalue weighted by Gasteiger charge is -2.39. The first kappa shape index (κ1) is 20.3. The topological polar surface area (TPSA) is 54.5 Å². The standard InChI is InChI=1S/C22H32BrN3O2/c1-15(2)22(7-3-19(12-22)25-18-5-9-28-10-6-18)21(27)26-8-4-20-16(14-26)11-17(23)13-24-20/h11,13,15,18-19,25H,3-10,12,14H2,1-2H3/t19-,22+/m1/s1. The molecule has 3 heterocycles. The van der Waals surface area contributed by atoms with Crippen molar-refractivity contribution in [1.29, 1.82) is 0 Å². The van der Waals surface area contributed by atoms with Crippen molar-refractivity contribution in [3.05, 3.63) is 28.0 Å². The van der Waals surface area contributed by atoms with Crippen LogP contribution in [-0.4, -0.2) is 47.6 Å². The zero-order chi connectivity index (χ0) is 19.7. The minimum absolute atomic E-state index is 0.236. The molecular formula is C22H32BrN3O2. The number of rotatable bonds is 4. The van der Waals surface area contributed by atoms with E-state index in [-0.39, 0.29) is 5.41 Å². The molecule has 0 bridgehead atoms. The first-order chi connectivity index (χ1) is 13.5. The van der Waals surface area contributed by atoms with E-state index in [0.717, 1.165) is 68.5 Å². The third-order valence-electron chi connectivity index (χ3n) is 7.07. The first-order valence-electron chi connectivity index (χ1n) is 10.7. The number of halogens is 1. The predicted octanol–water partition coefficient (Wildman–Crippen LogP) is 3.69. The second-order valence-electron chi connectivity index (χ2n) is 9.04. The van der Waals surface area contributed by atoms with Crippen LogP contribution in [0.1, 0.15) is 57.2 Å². The molecular weight excluding hydrogens is 418 g/mol. The van der Waals surface area contributed by atoms with Crippen LogP contribution in [0.15, 0.2) is 16.7 Å². The van der Waals surface area contributed by atoms with Crippen molar-refractivity contribution in [2.24, 2.45) is 11.3 Å². The van der Waals surface area contributed by atoms with E-state index in [1.54, 1.807) is 0 Å². The second kappa shape index (κ2) is 8.41. The Kier molecular flexibility index (Phi) is 6.09. The molecule has 0 unspecified atom stereocenters. The molecule has 2 aliphatic heterocycles. The number of aromatic nitrogens is 1. The molecule has 1 N–H and O–H groups in total. The summed E-state index contributed by atoms with van der Waals surface area (Å²) < 4.78 is 6.48. The number of hydrogen-bond acceptors (Lipinski definition) is 4. The molecule has 1 aliphatic carbocycles. The number of hydrogen-bond donors (Lipinski definition) is 1. The summed E-state index contributed by atoms with van der Waals surface area (Å²) in [5.41, 5.74) is 2.08. The second-order valence-corrected chi connectivity index (χ2v) is 9.96. The van der Waals surface area contributed by atoms with E-state index < -0.39 is 0 Å². The Morgan fingerprint density at radius 3 is 2.86 bits per heavy atom. The molecule has 6 heteroatoms. The van der Waals surface area contributed by atoms with Gasteiger partial charge in [0.2, 0.25) is 5.91 Å². The number of nitrogens with one attached hydrogen (secondary N) is 1. The summed E-state index contributed by atoms with van der Waals surface area (Å²) in [6.45, 7) is 7.64. The van der Waals surface area contributed by atoms with E-state index in [0.29, 0.717) is 30.5 Å². The largest absolute Gasteiger partial charge is 0.381 e. The van der Waals surface area contributed by atoms with Crippen LogP contribution >= 0.6 is 15.9 Å². The van der Waals surface area contributed by atoms with Crippen molar-refractivity contribution in [2.75, 3.05) is 19.8 Å². The molecule has 28 heavy (non-hydrogen) atoms. The summed E-state index contributed by atoms with van der Waals surface area (Å²) in [4.78, 5) is 20.4. The summed E-state index contributed by atoms with van der Waals surface area (Å²) in [7, 11) is 0. The maximum atomic E-state index is 13.7. The molecule has 3 aliphatic rings. The van der Waals surface area contributed by atoms with Crippen LogP contribution in [0.25, 0.3) is 0 Å². The highest BCUT2D eigenvalue weighted by atomic mass is 79.9. The molecule has 0 spiro atoms. The van der Waals surface area contributed by atoms with Gasteiger partial charge in [-0.15, -0.1) is 0 Å². The van der Waals surface area contributed by atoms with Crippen LogP contribution in [0.2, 0.25) is 0 Å². The smallest absolute Gasteiger partial charge is 0.229 e. The Hall–Kier alpha value is -0.980. The third kappa shape index (κ3) is 4.01. The number of pyridine rings is 1. The van der Waals surface area contributed by atoms with Crippen LogP contribution < -0.4 is 5.32 Å². The van der Waals surface area contributed by atoms with E-state index in [2.05, 4.69) is 51.0 Å². The van der Waals surface area contributed by atoms with E-state index >= 15 is 0 Å². The van der Waals surface area contributed by atoms with Gasteiger partial charge in [-0.05, 0) is 65.6 Å². The average molecular weight is 450 g/mol. The van der Waals surface area contributed by atoms with Gasteiger partial charge in [0.1, 0.15) is 0 Å². The summed E-state index contributed by atoms with van der Waals surface area (Å²) in [6, 6.07) is 3.11. The van der Waals surface area contributed by atoms with Gasteiger partial charge >= 0.3 is 0 Å². The zero-order valence-corrected chi connectivity index (χ0v) is 18.6. The zero-order valence-electron chi connectivity index (χ0n) is 17.0. The predicted molar refractivity (Wildman–Crippen MR) is 113 cm³/mol. The number of ether oxygens (including phenoxy) is 1. The molecule has 154 valence electrons. The van der Waals surface area contributed by atoms with Gasteiger partial charge in [0, 0.05) is 61.2 Å². The molecule has 0 aromatic carbocycles. The van der Waals surface area contributed by atoms with Gasteiger partial charge in [0.05, 0.1) is 5.41 Å². The summed E-state index contributed by atoms with van der Waals surface area (Å²) in [5.74, 6) is 0.702. The molecule has 5 nitrogen and oxygen atoms in total. The van der Waals surface area contributed by atoms with Gasteiger partial charge in [-0.3, -0.25) is 9.78 Å². The highest BCUT2D eigenvalue weighted by Crippen LogP contribution is 2.46. The van der Waals surface area contributed by atoms with Crippen molar-refractivity contribution in [3.63, 3.8) is 0 Å². The van der Waals surface area contributed by atoms with E-state index in [1.165, 1.54) is 5.56 Å². The van der Waals surface area contributed by atoms with Crippen molar-refractivity contribution < 1.29 is 9.53 Å². The van der Waals surface area contributed by atoms with Crippen molar-refractivity contribution in [1.82, 2.24) is 15.2 Å². The maximum Gasteiger partial charge on any atom is 0.229 e. The number of nitrogens with zero attached hydrogens (tertiary/aromatic N) is 2. The molecule has 2 atom stereocenters. The normalized spacial score (nSPS) is 28.6. The minimum atomic E-state index is -0.236. The quantitative estimate of drug-likeness (QED) is 0.761. The maximum absolute atomic E-state index is 13.7. The van der Waals surface area contributed by atoms with Gasteiger partial charge in [-0.25, -0.2) is 0 Å². The fraction of sp³-hybridized carbons (Fsp3) is 0.727. The Balaban J connectivity index is 1.46. The van der Waals surface area contributed by atoms with Crippen LogP contribution in [0, 0.1) is 11.3 Å². The summed E-state index contributed by atoms with van der Waals surface area (Å²) >= 11 is 3.52. The number of carbonyl (C=O) groups excluding carboxylic acids is 1. The minimum Gasteiger partial charge on any atom is -0.381 e.